The van der Waals surface area contributed by atoms with Gasteiger partial charge in [-0.2, -0.15) is 0 Å². The number of anilines is 1. The average Bonchev–Trinajstić information content (AvgIpc) is 3.03. The van der Waals surface area contributed by atoms with Crippen LogP contribution in [0.5, 0.6) is 0 Å². The molecule has 1 aromatic heterocycles. The molecule has 0 saturated carbocycles. The number of nitrogens with zero attached hydrogens (tertiary/aromatic N) is 2. The Labute approximate surface area is 160 Å². The van der Waals surface area contributed by atoms with Crippen LogP contribution in [0.4, 0.5) is 9.93 Å². The second-order valence-corrected chi connectivity index (χ2v) is 7.80. The van der Waals surface area contributed by atoms with Crippen molar-refractivity contribution in [2.24, 2.45) is 0 Å². The van der Waals surface area contributed by atoms with Crippen LogP contribution >= 0.6 is 23.1 Å². The largest absolute Gasteiger partial charge is 0.450 e. The lowest BCUT2D eigenvalue weighted by atomic mass is 10.1. The molecule has 8 heteroatoms. The van der Waals surface area contributed by atoms with Gasteiger partial charge in [-0.05, 0) is 30.9 Å². The fourth-order valence-electron chi connectivity index (χ4n) is 2.71. The number of nitrogens with one attached hydrogen (secondary N) is 1. The smallest absolute Gasteiger partial charge is 0.410 e. The van der Waals surface area contributed by atoms with Crippen LogP contribution in [-0.2, 0) is 28.9 Å². The summed E-state index contributed by atoms with van der Waals surface area (Å²) in [6.07, 6.45) is 2.71. The van der Waals surface area contributed by atoms with E-state index in [0.717, 1.165) is 16.1 Å². The molecule has 0 spiro atoms. The van der Waals surface area contributed by atoms with Gasteiger partial charge in [0.05, 0.1) is 25.3 Å². The van der Waals surface area contributed by atoms with Crippen LogP contribution in [0.2, 0.25) is 0 Å². The van der Waals surface area contributed by atoms with Crippen LogP contribution in [-0.4, -0.2) is 41.3 Å². The predicted molar refractivity (Wildman–Crippen MR) is 104 cm³/mol. The van der Waals surface area contributed by atoms with Gasteiger partial charge in [0, 0.05) is 22.7 Å². The van der Waals surface area contributed by atoms with Gasteiger partial charge in [-0.3, -0.25) is 4.79 Å². The molecule has 0 aliphatic carbocycles. The number of amides is 2. The lowest BCUT2D eigenvalue weighted by molar-refractivity contribution is -0.115. The van der Waals surface area contributed by atoms with Gasteiger partial charge in [0.25, 0.3) is 0 Å². The van der Waals surface area contributed by atoms with Crippen LogP contribution in [0.15, 0.2) is 29.2 Å². The fraction of sp³-hybridized carbons (Fsp3) is 0.389. The Hall–Kier alpha value is -2.06. The van der Waals surface area contributed by atoms with E-state index >= 15 is 0 Å². The number of ether oxygens (including phenoxy) is 1. The van der Waals surface area contributed by atoms with Crippen molar-refractivity contribution in [3.8, 4) is 0 Å². The SMILES string of the molecule is CCOC(=O)N1CCc2nc(NC(=O)Cc3ccc(SC)cc3)sc2C1. The molecular formula is C18H21N3O3S2. The summed E-state index contributed by atoms with van der Waals surface area (Å²) in [4.78, 5) is 32.5. The third kappa shape index (κ3) is 4.56. The molecule has 0 atom stereocenters. The molecule has 0 unspecified atom stereocenters. The molecule has 1 N–H and O–H groups in total. The normalized spacial score (nSPS) is 13.2. The highest BCUT2D eigenvalue weighted by Gasteiger charge is 2.25. The second-order valence-electron chi connectivity index (χ2n) is 5.83. The van der Waals surface area contributed by atoms with E-state index in [1.807, 2.05) is 30.5 Å². The molecule has 138 valence electrons. The van der Waals surface area contributed by atoms with Crippen molar-refractivity contribution in [2.45, 2.75) is 31.2 Å². The first-order valence-electron chi connectivity index (χ1n) is 8.42. The van der Waals surface area contributed by atoms with Crippen molar-refractivity contribution in [1.29, 1.82) is 0 Å². The Morgan fingerprint density at radius 3 is 2.81 bits per heavy atom. The molecule has 2 amide bonds. The monoisotopic (exact) mass is 391 g/mol. The Bertz CT molecular complexity index is 789. The number of carbonyl (C=O) groups is 2. The predicted octanol–water partition coefficient (Wildman–Crippen LogP) is 3.56. The van der Waals surface area contributed by atoms with Crippen molar-refractivity contribution in [2.75, 3.05) is 24.7 Å². The molecule has 0 bridgehead atoms. The molecular weight excluding hydrogens is 370 g/mol. The van der Waals surface area contributed by atoms with Crippen molar-refractivity contribution in [3.05, 3.63) is 40.4 Å². The van der Waals surface area contributed by atoms with Gasteiger partial charge < -0.3 is 15.0 Å². The van der Waals surface area contributed by atoms with Gasteiger partial charge in [0.15, 0.2) is 5.13 Å². The summed E-state index contributed by atoms with van der Waals surface area (Å²) >= 11 is 3.10. The molecule has 1 aromatic carbocycles. The zero-order valence-electron chi connectivity index (χ0n) is 14.8. The number of aromatic nitrogens is 1. The Balaban J connectivity index is 1.59. The average molecular weight is 392 g/mol. The van der Waals surface area contributed by atoms with E-state index in [-0.39, 0.29) is 12.0 Å². The van der Waals surface area contributed by atoms with E-state index in [9.17, 15) is 9.59 Å². The highest BCUT2D eigenvalue weighted by Crippen LogP contribution is 2.28. The summed E-state index contributed by atoms with van der Waals surface area (Å²) in [5, 5.41) is 3.46. The van der Waals surface area contributed by atoms with E-state index in [0.29, 0.717) is 37.7 Å². The highest BCUT2D eigenvalue weighted by atomic mass is 32.2. The number of hydrogen-bond acceptors (Lipinski definition) is 6. The first-order valence-corrected chi connectivity index (χ1v) is 10.5. The Kier molecular flexibility index (Phi) is 6.16. The van der Waals surface area contributed by atoms with Crippen LogP contribution in [0, 0.1) is 0 Å². The number of thioether (sulfide) groups is 1. The molecule has 0 radical (unpaired) electrons. The summed E-state index contributed by atoms with van der Waals surface area (Å²) in [5.74, 6) is -0.0877. The van der Waals surface area contributed by atoms with Gasteiger partial charge in [-0.15, -0.1) is 11.8 Å². The maximum atomic E-state index is 12.3. The zero-order chi connectivity index (χ0) is 18.5. The van der Waals surface area contributed by atoms with E-state index in [4.69, 9.17) is 4.74 Å². The van der Waals surface area contributed by atoms with Crippen LogP contribution in [0.1, 0.15) is 23.1 Å². The lowest BCUT2D eigenvalue weighted by Crippen LogP contribution is -2.35. The van der Waals surface area contributed by atoms with E-state index < -0.39 is 0 Å². The quantitative estimate of drug-likeness (QED) is 0.789. The standard InChI is InChI=1S/C18H21N3O3S2/c1-3-24-18(23)21-9-8-14-15(11-21)26-17(19-14)20-16(22)10-12-4-6-13(25-2)7-5-12/h4-7H,3,8-11H2,1-2H3,(H,19,20,22). The number of fused-ring (bicyclic) bond motifs is 1. The van der Waals surface area contributed by atoms with Crippen molar-refractivity contribution in [1.82, 2.24) is 9.88 Å². The number of thiazole rings is 1. The summed E-state index contributed by atoms with van der Waals surface area (Å²) < 4.78 is 5.05. The maximum absolute atomic E-state index is 12.3. The topological polar surface area (TPSA) is 71.5 Å². The van der Waals surface area contributed by atoms with Gasteiger partial charge >= 0.3 is 6.09 Å². The zero-order valence-corrected chi connectivity index (χ0v) is 16.4. The molecule has 2 heterocycles. The minimum absolute atomic E-state index is 0.0877. The molecule has 0 fully saturated rings. The van der Waals surface area contributed by atoms with Gasteiger partial charge in [0.2, 0.25) is 5.91 Å². The summed E-state index contributed by atoms with van der Waals surface area (Å²) in [6, 6.07) is 7.96. The molecule has 3 rings (SSSR count). The number of hydrogen-bond donors (Lipinski definition) is 1. The van der Waals surface area contributed by atoms with Gasteiger partial charge in [-0.1, -0.05) is 23.5 Å². The number of carbonyl (C=O) groups excluding carboxylic acids is 2. The molecule has 1 aliphatic rings. The minimum Gasteiger partial charge on any atom is -0.450 e. The molecule has 26 heavy (non-hydrogen) atoms. The van der Waals surface area contributed by atoms with Gasteiger partial charge in [0.1, 0.15) is 0 Å². The summed E-state index contributed by atoms with van der Waals surface area (Å²) in [6.45, 7) is 3.23. The van der Waals surface area contributed by atoms with Crippen molar-refractivity contribution < 1.29 is 14.3 Å². The Morgan fingerprint density at radius 2 is 2.12 bits per heavy atom. The van der Waals surface area contributed by atoms with E-state index in [2.05, 4.69) is 10.3 Å². The lowest BCUT2D eigenvalue weighted by Gasteiger charge is -2.24. The Morgan fingerprint density at radius 1 is 1.35 bits per heavy atom. The first kappa shape index (κ1) is 18.7. The third-order valence-corrected chi connectivity index (χ3v) is 5.77. The van der Waals surface area contributed by atoms with Gasteiger partial charge in [-0.25, -0.2) is 9.78 Å². The van der Waals surface area contributed by atoms with Crippen molar-refractivity contribution >= 4 is 40.2 Å². The molecule has 2 aromatic rings. The van der Waals surface area contributed by atoms with Crippen LogP contribution in [0.25, 0.3) is 0 Å². The highest BCUT2D eigenvalue weighted by molar-refractivity contribution is 7.98. The van der Waals surface area contributed by atoms with E-state index in [1.165, 1.54) is 16.2 Å². The molecule has 6 nitrogen and oxygen atoms in total. The van der Waals surface area contributed by atoms with Crippen molar-refractivity contribution in [3.63, 3.8) is 0 Å². The molecule has 0 saturated heterocycles. The number of rotatable bonds is 5. The summed E-state index contributed by atoms with van der Waals surface area (Å²) in [5.41, 5.74) is 1.92. The number of benzene rings is 1. The maximum Gasteiger partial charge on any atom is 0.410 e. The fourth-order valence-corrected chi connectivity index (χ4v) is 4.16. The third-order valence-electron chi connectivity index (χ3n) is 4.03. The first-order chi connectivity index (χ1) is 12.6. The van der Waals surface area contributed by atoms with E-state index in [1.54, 1.807) is 23.6 Å². The van der Waals surface area contributed by atoms with Crippen LogP contribution in [0.3, 0.4) is 0 Å². The summed E-state index contributed by atoms with van der Waals surface area (Å²) in [7, 11) is 0. The second kappa shape index (κ2) is 8.55. The van der Waals surface area contributed by atoms with Crippen LogP contribution < -0.4 is 5.32 Å². The minimum atomic E-state index is -0.300. The molecule has 1 aliphatic heterocycles.